The largest absolute Gasteiger partial charge is 0.508 e. The number of benzene rings is 3. The number of aromatic nitrogens is 1. The molecule has 41 heavy (non-hydrogen) atoms. The molecule has 5 rings (SSSR count). The number of thiazole rings is 1. The number of phenols is 1. The third-order valence-electron chi connectivity index (χ3n) is 6.63. The van der Waals surface area contributed by atoms with Gasteiger partial charge in [-0.25, -0.2) is 9.78 Å². The smallest absolute Gasteiger partial charge is 0.350 e. The van der Waals surface area contributed by atoms with Crippen LogP contribution in [0.25, 0.3) is 5.76 Å². The van der Waals surface area contributed by atoms with E-state index in [0.717, 1.165) is 27.4 Å². The fraction of sp³-hybridized carbons (Fsp3) is 0.161. The number of aryl methyl sites for hydroxylation is 2. The summed E-state index contributed by atoms with van der Waals surface area (Å²) in [4.78, 5) is 44.7. The van der Waals surface area contributed by atoms with Crippen molar-refractivity contribution >= 4 is 39.9 Å². The van der Waals surface area contributed by atoms with Crippen LogP contribution >= 0.6 is 11.3 Å². The Morgan fingerprint density at radius 1 is 1.02 bits per heavy atom. The summed E-state index contributed by atoms with van der Waals surface area (Å²) < 4.78 is 10.7. The number of ketones is 1. The lowest BCUT2D eigenvalue weighted by Gasteiger charge is -2.23. The normalized spacial score (nSPS) is 16.2. The maximum absolute atomic E-state index is 13.4. The molecule has 3 aromatic carbocycles. The number of hydrogen-bond acceptors (Lipinski definition) is 9. The van der Waals surface area contributed by atoms with Crippen molar-refractivity contribution in [1.29, 1.82) is 0 Å². The Labute approximate surface area is 239 Å². The number of aliphatic hydroxyl groups is 1. The van der Waals surface area contributed by atoms with E-state index in [-0.39, 0.29) is 27.1 Å². The number of ether oxygens (including phenoxy) is 2. The molecule has 9 nitrogen and oxygen atoms in total. The molecule has 2 N–H and O–H groups in total. The minimum Gasteiger partial charge on any atom is -0.508 e. The molecule has 1 aliphatic heterocycles. The van der Waals surface area contributed by atoms with Gasteiger partial charge >= 0.3 is 11.9 Å². The van der Waals surface area contributed by atoms with Crippen LogP contribution in [0.1, 0.15) is 43.7 Å². The lowest BCUT2D eigenvalue weighted by molar-refractivity contribution is -0.132. The van der Waals surface area contributed by atoms with E-state index in [1.165, 1.54) is 19.2 Å². The number of anilines is 1. The molecule has 2 heterocycles. The van der Waals surface area contributed by atoms with Gasteiger partial charge in [0.15, 0.2) is 5.13 Å². The van der Waals surface area contributed by atoms with Crippen molar-refractivity contribution in [3.05, 3.63) is 111 Å². The number of nitrogens with zero attached hydrogens (tertiary/aromatic N) is 2. The first kappa shape index (κ1) is 27.6. The van der Waals surface area contributed by atoms with E-state index in [9.17, 15) is 24.6 Å². The van der Waals surface area contributed by atoms with E-state index < -0.39 is 23.7 Å². The van der Waals surface area contributed by atoms with Gasteiger partial charge in [-0.3, -0.25) is 14.5 Å². The number of carbonyl (C=O) groups is 3. The summed E-state index contributed by atoms with van der Waals surface area (Å²) in [6.07, 6.45) is 0. The van der Waals surface area contributed by atoms with E-state index in [2.05, 4.69) is 4.98 Å². The molecule has 208 valence electrons. The molecule has 1 fully saturated rings. The van der Waals surface area contributed by atoms with E-state index in [0.29, 0.717) is 29.2 Å². The fourth-order valence-electron chi connectivity index (χ4n) is 4.60. The third kappa shape index (κ3) is 5.42. The summed E-state index contributed by atoms with van der Waals surface area (Å²) in [5, 5.41) is 21.3. The Bertz CT molecular complexity index is 1670. The lowest BCUT2D eigenvalue weighted by atomic mass is 9.95. The summed E-state index contributed by atoms with van der Waals surface area (Å²) >= 11 is 0.910. The Kier molecular flexibility index (Phi) is 7.58. The van der Waals surface area contributed by atoms with Crippen LogP contribution in [0.3, 0.4) is 0 Å². The second-order valence-electron chi connectivity index (χ2n) is 9.47. The minimum absolute atomic E-state index is 0.00924. The predicted molar refractivity (Wildman–Crippen MR) is 153 cm³/mol. The average molecular weight is 571 g/mol. The molecule has 4 aromatic rings. The summed E-state index contributed by atoms with van der Waals surface area (Å²) in [6.45, 7) is 3.96. The van der Waals surface area contributed by atoms with Gasteiger partial charge in [-0.05, 0) is 61.4 Å². The number of aliphatic hydroxyl groups excluding tert-OH is 1. The van der Waals surface area contributed by atoms with Crippen LogP contribution in [0.2, 0.25) is 0 Å². The number of amides is 1. The standard InChI is InChI=1S/C31H26N2O7S/c1-17-5-4-6-19(15-17)16-40-23-13-9-21(10-14-23)26(35)24-25(20-7-11-22(34)12-8-20)33(29(37)27(24)36)31-32-18(2)28(41-31)30(38)39-3/h4-15,25,34-35H,16H2,1-3H3/b26-24-. The molecule has 0 saturated carbocycles. The van der Waals surface area contributed by atoms with Crippen molar-refractivity contribution in [1.82, 2.24) is 4.98 Å². The van der Waals surface area contributed by atoms with Crippen LogP contribution in [0.4, 0.5) is 5.13 Å². The monoisotopic (exact) mass is 570 g/mol. The summed E-state index contributed by atoms with van der Waals surface area (Å²) in [5.74, 6) is -2.26. The van der Waals surface area contributed by atoms with Gasteiger partial charge in [0.05, 0.1) is 24.4 Å². The maximum atomic E-state index is 13.4. The highest BCUT2D eigenvalue weighted by atomic mass is 32.1. The minimum atomic E-state index is -1.07. The van der Waals surface area contributed by atoms with Crippen LogP contribution in [0, 0.1) is 13.8 Å². The lowest BCUT2D eigenvalue weighted by Crippen LogP contribution is -2.29. The second kappa shape index (κ2) is 11.3. The number of methoxy groups -OCH3 is 1. The van der Waals surface area contributed by atoms with Gasteiger partial charge in [0, 0.05) is 5.56 Å². The number of hydrogen-bond donors (Lipinski definition) is 2. The summed E-state index contributed by atoms with van der Waals surface area (Å²) in [7, 11) is 1.24. The first-order valence-corrected chi connectivity index (χ1v) is 13.4. The second-order valence-corrected chi connectivity index (χ2v) is 10.4. The predicted octanol–water partition coefficient (Wildman–Crippen LogP) is 5.46. The molecule has 10 heteroatoms. The SMILES string of the molecule is COC(=O)c1sc(N2C(=O)C(=O)/C(=C(\O)c3ccc(OCc4cccc(C)c4)cc3)C2c2ccc(O)cc2)nc1C. The quantitative estimate of drug-likeness (QED) is 0.130. The maximum Gasteiger partial charge on any atom is 0.350 e. The Balaban J connectivity index is 1.52. The molecule has 0 radical (unpaired) electrons. The summed E-state index contributed by atoms with van der Waals surface area (Å²) in [6, 6.07) is 19.4. The molecule has 1 aromatic heterocycles. The molecule has 1 aliphatic rings. The van der Waals surface area contributed by atoms with Crippen molar-refractivity contribution in [2.75, 3.05) is 12.0 Å². The highest BCUT2D eigenvalue weighted by Gasteiger charge is 2.48. The number of phenolic OH excluding ortho intramolecular Hbond substituents is 1. The molecule has 1 unspecified atom stereocenters. The van der Waals surface area contributed by atoms with Crippen LogP contribution in [-0.2, 0) is 20.9 Å². The Hall–Kier alpha value is -4.96. The Morgan fingerprint density at radius 2 is 1.73 bits per heavy atom. The van der Waals surface area contributed by atoms with Crippen molar-refractivity contribution in [3.63, 3.8) is 0 Å². The zero-order chi connectivity index (χ0) is 29.3. The van der Waals surface area contributed by atoms with E-state index in [1.807, 2.05) is 31.2 Å². The van der Waals surface area contributed by atoms with Crippen LogP contribution in [0.15, 0.2) is 78.4 Å². The van der Waals surface area contributed by atoms with Crippen LogP contribution in [-0.4, -0.2) is 40.0 Å². The molecule has 1 saturated heterocycles. The fourth-order valence-corrected chi connectivity index (χ4v) is 5.61. The molecule has 0 bridgehead atoms. The highest BCUT2D eigenvalue weighted by molar-refractivity contribution is 7.17. The summed E-state index contributed by atoms with van der Waals surface area (Å²) in [5.41, 5.74) is 3.08. The number of rotatable bonds is 7. The van der Waals surface area contributed by atoms with Gasteiger partial charge in [0.1, 0.15) is 28.7 Å². The zero-order valence-electron chi connectivity index (χ0n) is 22.5. The number of esters is 1. The van der Waals surface area contributed by atoms with Gasteiger partial charge in [-0.2, -0.15) is 0 Å². The first-order valence-electron chi connectivity index (χ1n) is 12.6. The van der Waals surface area contributed by atoms with E-state index in [1.54, 1.807) is 43.3 Å². The van der Waals surface area contributed by atoms with Crippen LogP contribution < -0.4 is 9.64 Å². The van der Waals surface area contributed by atoms with Crippen molar-refractivity contribution < 1.29 is 34.1 Å². The van der Waals surface area contributed by atoms with Crippen molar-refractivity contribution in [2.45, 2.75) is 26.5 Å². The van der Waals surface area contributed by atoms with Gasteiger partial charge in [-0.15, -0.1) is 0 Å². The number of Topliss-reactive ketones (excluding diaryl/α,β-unsaturated/α-hetero) is 1. The highest BCUT2D eigenvalue weighted by Crippen LogP contribution is 2.44. The first-order chi connectivity index (χ1) is 19.7. The van der Waals surface area contributed by atoms with Gasteiger partial charge in [-0.1, -0.05) is 53.3 Å². The topological polar surface area (TPSA) is 126 Å². The van der Waals surface area contributed by atoms with Crippen molar-refractivity contribution in [2.24, 2.45) is 0 Å². The molecule has 1 atom stereocenters. The third-order valence-corrected chi connectivity index (χ3v) is 7.77. The zero-order valence-corrected chi connectivity index (χ0v) is 23.3. The molecule has 0 spiro atoms. The van der Waals surface area contributed by atoms with Gasteiger partial charge in [0.2, 0.25) is 0 Å². The molecule has 0 aliphatic carbocycles. The average Bonchev–Trinajstić information content (AvgIpc) is 3.48. The van der Waals surface area contributed by atoms with Crippen molar-refractivity contribution in [3.8, 4) is 11.5 Å². The molecular formula is C31H26N2O7S. The number of aromatic hydroxyl groups is 1. The van der Waals surface area contributed by atoms with E-state index >= 15 is 0 Å². The van der Waals surface area contributed by atoms with E-state index in [4.69, 9.17) is 9.47 Å². The number of carbonyl (C=O) groups excluding carboxylic acids is 3. The van der Waals surface area contributed by atoms with Crippen LogP contribution in [0.5, 0.6) is 11.5 Å². The van der Waals surface area contributed by atoms with Gasteiger partial charge in [0.25, 0.3) is 5.78 Å². The molecular weight excluding hydrogens is 544 g/mol. The Morgan fingerprint density at radius 3 is 2.39 bits per heavy atom. The van der Waals surface area contributed by atoms with Gasteiger partial charge < -0.3 is 19.7 Å². The molecule has 1 amide bonds.